The minimum absolute atomic E-state index is 0.111. The van der Waals surface area contributed by atoms with Gasteiger partial charge in [-0.25, -0.2) is 4.79 Å². The van der Waals surface area contributed by atoms with E-state index < -0.39 is 11.5 Å². The average molecular weight is 306 g/mol. The van der Waals surface area contributed by atoms with E-state index in [1.807, 2.05) is 19.9 Å². The first kappa shape index (κ1) is 15.3. The summed E-state index contributed by atoms with van der Waals surface area (Å²) in [5.74, 6) is -1.10. The highest BCUT2D eigenvalue weighted by Crippen LogP contribution is 2.16. The van der Waals surface area contributed by atoms with Crippen molar-refractivity contribution in [2.45, 2.75) is 26.3 Å². The third-order valence-electron chi connectivity index (χ3n) is 3.26. The van der Waals surface area contributed by atoms with Gasteiger partial charge in [-0.05, 0) is 35.7 Å². The fourth-order valence-electron chi connectivity index (χ4n) is 2.24. The van der Waals surface area contributed by atoms with Gasteiger partial charge in [0.25, 0.3) is 5.56 Å². The largest absolute Gasteiger partial charge is 0.477 e. The van der Waals surface area contributed by atoms with Gasteiger partial charge in [-0.3, -0.25) is 4.79 Å². The lowest BCUT2D eigenvalue weighted by Crippen LogP contribution is -2.29. The van der Waals surface area contributed by atoms with Crippen molar-refractivity contribution < 1.29 is 9.90 Å². The number of pyridine rings is 1. The summed E-state index contributed by atoms with van der Waals surface area (Å²) in [6.45, 7) is 4.22. The van der Waals surface area contributed by atoms with Gasteiger partial charge in [0.1, 0.15) is 5.56 Å². The van der Waals surface area contributed by atoms with Crippen LogP contribution in [0.25, 0.3) is 0 Å². The Morgan fingerprint density at radius 1 is 1.29 bits per heavy atom. The van der Waals surface area contributed by atoms with Crippen LogP contribution in [-0.4, -0.2) is 15.6 Å². The van der Waals surface area contributed by atoms with Crippen LogP contribution in [-0.2, 0) is 6.54 Å². The van der Waals surface area contributed by atoms with E-state index in [1.165, 1.54) is 10.6 Å². The number of carboxylic acid groups (broad SMARTS) is 1. The quantitative estimate of drug-likeness (QED) is 0.942. The average Bonchev–Trinajstić information content (AvgIpc) is 2.40. The Hall–Kier alpha value is -2.07. The van der Waals surface area contributed by atoms with E-state index in [2.05, 4.69) is 0 Å². The number of hydrogen-bond donors (Lipinski definition) is 1. The fraction of sp³-hybridized carbons (Fsp3) is 0.250. The van der Waals surface area contributed by atoms with E-state index in [1.54, 1.807) is 24.3 Å². The maximum absolute atomic E-state index is 12.4. The Bertz CT molecular complexity index is 735. The molecule has 21 heavy (non-hydrogen) atoms. The van der Waals surface area contributed by atoms with Crippen molar-refractivity contribution in [1.29, 1.82) is 0 Å². The van der Waals surface area contributed by atoms with E-state index in [4.69, 9.17) is 16.7 Å². The number of halogens is 1. The van der Waals surface area contributed by atoms with E-state index in [0.29, 0.717) is 11.6 Å². The molecule has 0 saturated heterocycles. The molecule has 1 aromatic carbocycles. The number of benzene rings is 1. The number of carbonyl (C=O) groups is 1. The summed E-state index contributed by atoms with van der Waals surface area (Å²) in [6, 6.07) is 10.2. The zero-order valence-corrected chi connectivity index (χ0v) is 12.6. The molecule has 1 N–H and O–H groups in total. The molecule has 1 heterocycles. The maximum atomic E-state index is 12.4. The third-order valence-corrected chi connectivity index (χ3v) is 3.49. The van der Waals surface area contributed by atoms with Crippen LogP contribution in [0.1, 0.15) is 41.4 Å². The van der Waals surface area contributed by atoms with Gasteiger partial charge in [0.15, 0.2) is 0 Å². The molecule has 0 fully saturated rings. The van der Waals surface area contributed by atoms with Crippen molar-refractivity contribution in [3.8, 4) is 0 Å². The SMILES string of the molecule is CC(C)c1ccc(C(=O)O)c(=O)n1Cc1cccc(Cl)c1. The smallest absolute Gasteiger partial charge is 0.341 e. The third kappa shape index (κ3) is 3.34. The molecule has 0 aliphatic rings. The molecule has 0 aliphatic heterocycles. The highest BCUT2D eigenvalue weighted by Gasteiger charge is 2.16. The van der Waals surface area contributed by atoms with Crippen LogP contribution in [0.2, 0.25) is 5.02 Å². The second kappa shape index (κ2) is 6.14. The number of nitrogens with zero attached hydrogens (tertiary/aromatic N) is 1. The lowest BCUT2D eigenvalue weighted by Gasteiger charge is -2.16. The van der Waals surface area contributed by atoms with Crippen LogP contribution in [0.15, 0.2) is 41.2 Å². The highest BCUT2D eigenvalue weighted by molar-refractivity contribution is 6.30. The van der Waals surface area contributed by atoms with Gasteiger partial charge in [0.05, 0.1) is 6.54 Å². The molecule has 0 saturated carbocycles. The van der Waals surface area contributed by atoms with Crippen LogP contribution in [0.5, 0.6) is 0 Å². The van der Waals surface area contributed by atoms with Crippen molar-refractivity contribution in [1.82, 2.24) is 4.57 Å². The van der Waals surface area contributed by atoms with E-state index >= 15 is 0 Å². The van der Waals surface area contributed by atoms with Gasteiger partial charge in [0.2, 0.25) is 0 Å². The van der Waals surface area contributed by atoms with Gasteiger partial charge in [-0.15, -0.1) is 0 Å². The van der Waals surface area contributed by atoms with Crippen molar-refractivity contribution >= 4 is 17.6 Å². The predicted octanol–water partition coefficient (Wildman–Crippen LogP) is 3.37. The molecule has 2 rings (SSSR count). The van der Waals surface area contributed by atoms with Gasteiger partial charge < -0.3 is 9.67 Å². The number of carboxylic acids is 1. The number of hydrogen-bond acceptors (Lipinski definition) is 2. The molecular weight excluding hydrogens is 290 g/mol. The van der Waals surface area contributed by atoms with Gasteiger partial charge in [-0.2, -0.15) is 0 Å². The number of aromatic nitrogens is 1. The van der Waals surface area contributed by atoms with Crippen LogP contribution in [0.3, 0.4) is 0 Å². The molecule has 2 aromatic rings. The minimum atomic E-state index is -1.21. The zero-order chi connectivity index (χ0) is 15.6. The zero-order valence-electron chi connectivity index (χ0n) is 11.8. The number of rotatable bonds is 4. The monoisotopic (exact) mass is 305 g/mol. The van der Waals surface area contributed by atoms with E-state index in [9.17, 15) is 9.59 Å². The van der Waals surface area contributed by atoms with E-state index in [0.717, 1.165) is 11.3 Å². The first-order valence-electron chi connectivity index (χ1n) is 6.61. The maximum Gasteiger partial charge on any atom is 0.341 e. The lowest BCUT2D eigenvalue weighted by molar-refractivity contribution is 0.0694. The Labute approximate surface area is 127 Å². The molecule has 0 bridgehead atoms. The molecule has 110 valence electrons. The fourth-order valence-corrected chi connectivity index (χ4v) is 2.45. The molecule has 0 unspecified atom stereocenters. The van der Waals surface area contributed by atoms with Gasteiger partial charge >= 0.3 is 5.97 Å². The Kier molecular flexibility index (Phi) is 4.48. The Balaban J connectivity index is 2.56. The van der Waals surface area contributed by atoms with Gasteiger partial charge in [0, 0.05) is 10.7 Å². The Morgan fingerprint density at radius 3 is 2.57 bits per heavy atom. The molecule has 0 amide bonds. The highest BCUT2D eigenvalue weighted by atomic mass is 35.5. The molecule has 4 nitrogen and oxygen atoms in total. The van der Waals surface area contributed by atoms with Crippen molar-refractivity contribution in [2.75, 3.05) is 0 Å². The van der Waals surface area contributed by atoms with Crippen LogP contribution < -0.4 is 5.56 Å². The molecule has 5 heteroatoms. The van der Waals surface area contributed by atoms with Crippen molar-refractivity contribution in [2.24, 2.45) is 0 Å². The summed E-state index contributed by atoms with van der Waals surface area (Å²) in [7, 11) is 0. The Morgan fingerprint density at radius 2 is 2.00 bits per heavy atom. The summed E-state index contributed by atoms with van der Waals surface area (Å²) in [5, 5.41) is 9.68. The second-order valence-corrected chi connectivity index (χ2v) is 5.59. The number of aromatic carboxylic acids is 1. The second-order valence-electron chi connectivity index (χ2n) is 5.15. The van der Waals surface area contributed by atoms with Crippen LogP contribution >= 0.6 is 11.6 Å². The van der Waals surface area contributed by atoms with Crippen molar-refractivity contribution in [3.05, 3.63) is 68.6 Å². The molecule has 1 aromatic heterocycles. The lowest BCUT2D eigenvalue weighted by atomic mass is 10.1. The van der Waals surface area contributed by atoms with Crippen LogP contribution in [0.4, 0.5) is 0 Å². The van der Waals surface area contributed by atoms with Gasteiger partial charge in [-0.1, -0.05) is 37.6 Å². The first-order chi connectivity index (χ1) is 9.90. The summed E-state index contributed by atoms with van der Waals surface area (Å²) in [4.78, 5) is 23.5. The minimum Gasteiger partial charge on any atom is -0.477 e. The molecule has 0 radical (unpaired) electrons. The molecule has 0 aliphatic carbocycles. The normalized spacial score (nSPS) is 10.9. The molecule has 0 spiro atoms. The molecule has 0 atom stereocenters. The topological polar surface area (TPSA) is 59.3 Å². The predicted molar refractivity (Wildman–Crippen MR) is 82.3 cm³/mol. The van der Waals surface area contributed by atoms with Crippen molar-refractivity contribution in [3.63, 3.8) is 0 Å². The summed E-state index contributed by atoms with van der Waals surface area (Å²) in [6.07, 6.45) is 0. The molecular formula is C16H16ClNO3. The summed E-state index contributed by atoms with van der Waals surface area (Å²) >= 11 is 5.95. The first-order valence-corrected chi connectivity index (χ1v) is 6.99. The van der Waals surface area contributed by atoms with E-state index in [-0.39, 0.29) is 11.5 Å². The summed E-state index contributed by atoms with van der Waals surface area (Å²) < 4.78 is 1.50. The summed E-state index contributed by atoms with van der Waals surface area (Å²) in [5.41, 5.74) is 0.939. The van der Waals surface area contributed by atoms with Crippen LogP contribution in [0, 0.1) is 0 Å². The standard InChI is InChI=1S/C16H16ClNO3/c1-10(2)14-7-6-13(16(20)21)15(19)18(14)9-11-4-3-5-12(17)8-11/h3-8,10H,9H2,1-2H3,(H,20,21).